The number of ether oxygens (including phenoxy) is 1. The first-order chi connectivity index (χ1) is 6.40. The lowest BCUT2D eigenvalue weighted by atomic mass is 10.2. The normalized spacial score (nSPS) is 9.92. The molecule has 0 amide bonds. The number of hydrogen-bond acceptors (Lipinski definition) is 5. The molecule has 0 unspecified atom stereocenters. The largest absolute Gasteiger partial charge is 0.481 e. The van der Waals surface area contributed by atoms with E-state index in [1.807, 2.05) is 6.07 Å². The molecule has 0 saturated heterocycles. The van der Waals surface area contributed by atoms with Crippen LogP contribution in [0.4, 0.5) is 0 Å². The van der Waals surface area contributed by atoms with E-state index in [0.717, 1.165) is 5.56 Å². The van der Waals surface area contributed by atoms with Gasteiger partial charge in [0.15, 0.2) is 0 Å². The van der Waals surface area contributed by atoms with Gasteiger partial charge in [0.1, 0.15) is 5.69 Å². The zero-order chi connectivity index (χ0) is 9.10. The van der Waals surface area contributed by atoms with Gasteiger partial charge in [0.25, 0.3) is 0 Å². The van der Waals surface area contributed by atoms with Crippen LogP contribution >= 0.6 is 0 Å². The third-order valence-corrected chi connectivity index (χ3v) is 1.60. The molecule has 0 aliphatic rings. The number of hydrogen-bond donors (Lipinski definition) is 0. The van der Waals surface area contributed by atoms with Crippen LogP contribution in [0, 0.1) is 0 Å². The lowest BCUT2D eigenvalue weighted by Gasteiger charge is -1.97. The van der Waals surface area contributed by atoms with E-state index in [-0.39, 0.29) is 0 Å². The fraction of sp³-hybridized carbons (Fsp3) is 0.125. The molecule has 2 heterocycles. The number of methoxy groups -OCH3 is 1. The smallest absolute Gasteiger partial charge is 0.212 e. The summed E-state index contributed by atoms with van der Waals surface area (Å²) >= 11 is 0. The lowest BCUT2D eigenvalue weighted by Crippen LogP contribution is -1.86. The van der Waals surface area contributed by atoms with Crippen LogP contribution in [0.25, 0.3) is 11.3 Å². The number of pyridine rings is 1. The summed E-state index contributed by atoms with van der Waals surface area (Å²) < 4.78 is 9.38. The SMILES string of the molecule is COc1ccc(-c2cnon2)cn1. The average Bonchev–Trinajstić information content (AvgIpc) is 2.71. The van der Waals surface area contributed by atoms with Crippen molar-refractivity contribution >= 4 is 0 Å². The molecule has 0 aromatic carbocycles. The van der Waals surface area contributed by atoms with Gasteiger partial charge >= 0.3 is 0 Å². The Morgan fingerprint density at radius 2 is 2.23 bits per heavy atom. The van der Waals surface area contributed by atoms with Crippen LogP contribution in [0.5, 0.6) is 5.88 Å². The van der Waals surface area contributed by atoms with Crippen molar-refractivity contribution in [1.82, 2.24) is 15.3 Å². The topological polar surface area (TPSA) is 61.0 Å². The van der Waals surface area contributed by atoms with Crippen LogP contribution in [0.1, 0.15) is 0 Å². The third kappa shape index (κ3) is 1.48. The Hall–Kier alpha value is -1.91. The first kappa shape index (κ1) is 7.72. The minimum absolute atomic E-state index is 0.570. The van der Waals surface area contributed by atoms with Crippen LogP contribution in [0.3, 0.4) is 0 Å². The van der Waals surface area contributed by atoms with E-state index >= 15 is 0 Å². The molecule has 5 heteroatoms. The van der Waals surface area contributed by atoms with Crippen molar-refractivity contribution in [2.45, 2.75) is 0 Å². The van der Waals surface area contributed by atoms with Gasteiger partial charge in [-0.1, -0.05) is 5.16 Å². The van der Waals surface area contributed by atoms with Gasteiger partial charge in [-0.2, -0.15) is 0 Å². The summed E-state index contributed by atoms with van der Waals surface area (Å²) in [4.78, 5) is 4.02. The predicted molar refractivity (Wildman–Crippen MR) is 44.1 cm³/mol. The standard InChI is InChI=1S/C8H7N3O2/c1-12-8-3-2-6(4-9-8)7-5-10-13-11-7/h2-5H,1H3. The van der Waals surface area contributed by atoms with Gasteiger partial charge in [0, 0.05) is 17.8 Å². The molecule has 0 fully saturated rings. The summed E-state index contributed by atoms with van der Waals surface area (Å²) in [6, 6.07) is 3.59. The van der Waals surface area contributed by atoms with Crippen molar-refractivity contribution in [3.63, 3.8) is 0 Å². The van der Waals surface area contributed by atoms with Gasteiger partial charge in [-0.25, -0.2) is 9.61 Å². The van der Waals surface area contributed by atoms with E-state index < -0.39 is 0 Å². The second-order valence-corrected chi connectivity index (χ2v) is 2.38. The summed E-state index contributed by atoms with van der Waals surface area (Å²) in [5.41, 5.74) is 1.51. The molecule has 0 bridgehead atoms. The summed E-state index contributed by atoms with van der Waals surface area (Å²) in [6.07, 6.45) is 3.18. The van der Waals surface area contributed by atoms with Gasteiger partial charge in [-0.15, -0.1) is 0 Å². The molecule has 2 rings (SSSR count). The Balaban J connectivity index is 2.33. The fourth-order valence-electron chi connectivity index (χ4n) is 0.944. The van der Waals surface area contributed by atoms with E-state index in [1.54, 1.807) is 19.4 Å². The Kier molecular flexibility index (Phi) is 1.91. The van der Waals surface area contributed by atoms with E-state index in [0.29, 0.717) is 11.6 Å². The van der Waals surface area contributed by atoms with Gasteiger partial charge in [-0.05, 0) is 11.2 Å². The molecule has 5 nitrogen and oxygen atoms in total. The molecule has 0 aliphatic carbocycles. The Morgan fingerprint density at radius 3 is 2.77 bits per heavy atom. The molecule has 13 heavy (non-hydrogen) atoms. The molecule has 2 aromatic rings. The highest BCUT2D eigenvalue weighted by Gasteiger charge is 2.02. The first-order valence-electron chi connectivity index (χ1n) is 3.68. The number of rotatable bonds is 2. The fourth-order valence-corrected chi connectivity index (χ4v) is 0.944. The van der Waals surface area contributed by atoms with E-state index in [1.165, 1.54) is 6.20 Å². The van der Waals surface area contributed by atoms with Crippen molar-refractivity contribution in [3.05, 3.63) is 24.5 Å². The van der Waals surface area contributed by atoms with Crippen molar-refractivity contribution in [2.24, 2.45) is 0 Å². The maximum atomic E-state index is 4.92. The summed E-state index contributed by atoms with van der Waals surface area (Å²) in [5, 5.41) is 7.17. The maximum Gasteiger partial charge on any atom is 0.212 e. The lowest BCUT2D eigenvalue weighted by molar-refractivity contribution is 0.308. The van der Waals surface area contributed by atoms with Gasteiger partial charge in [-0.3, -0.25) is 0 Å². The van der Waals surface area contributed by atoms with E-state index in [4.69, 9.17) is 4.74 Å². The molecule has 0 radical (unpaired) electrons. The first-order valence-corrected chi connectivity index (χ1v) is 3.68. The van der Waals surface area contributed by atoms with Crippen molar-refractivity contribution in [2.75, 3.05) is 7.11 Å². The molecule has 0 spiro atoms. The molecule has 66 valence electrons. The van der Waals surface area contributed by atoms with Crippen molar-refractivity contribution in [1.29, 1.82) is 0 Å². The average molecular weight is 177 g/mol. The van der Waals surface area contributed by atoms with E-state index in [2.05, 4.69) is 19.9 Å². The van der Waals surface area contributed by atoms with Crippen LogP contribution in [0.2, 0.25) is 0 Å². The van der Waals surface area contributed by atoms with Crippen LogP contribution in [0.15, 0.2) is 29.2 Å². The second-order valence-electron chi connectivity index (χ2n) is 2.38. The minimum Gasteiger partial charge on any atom is -0.481 e. The van der Waals surface area contributed by atoms with Crippen LogP contribution < -0.4 is 4.74 Å². The van der Waals surface area contributed by atoms with Gasteiger partial charge in [0.2, 0.25) is 5.88 Å². The predicted octanol–water partition coefficient (Wildman–Crippen LogP) is 1.14. The van der Waals surface area contributed by atoms with Crippen molar-refractivity contribution < 1.29 is 9.37 Å². The molecule has 0 atom stereocenters. The summed E-state index contributed by atoms with van der Waals surface area (Å²) in [6.45, 7) is 0. The van der Waals surface area contributed by atoms with Gasteiger partial charge < -0.3 is 4.74 Å². The highest BCUT2D eigenvalue weighted by atomic mass is 16.6. The zero-order valence-electron chi connectivity index (χ0n) is 6.97. The highest BCUT2D eigenvalue weighted by molar-refractivity contribution is 5.56. The van der Waals surface area contributed by atoms with Crippen LogP contribution in [-0.4, -0.2) is 22.4 Å². The third-order valence-electron chi connectivity index (χ3n) is 1.60. The summed E-state index contributed by atoms with van der Waals surface area (Å²) in [5.74, 6) is 0.570. The van der Waals surface area contributed by atoms with Crippen molar-refractivity contribution in [3.8, 4) is 17.1 Å². The number of aromatic nitrogens is 3. The Morgan fingerprint density at radius 1 is 1.31 bits per heavy atom. The highest BCUT2D eigenvalue weighted by Crippen LogP contribution is 2.16. The Labute approximate surface area is 74.3 Å². The Bertz CT molecular complexity index is 369. The molecular formula is C8H7N3O2. The number of nitrogens with zero attached hydrogens (tertiary/aromatic N) is 3. The molecular weight excluding hydrogens is 170 g/mol. The van der Waals surface area contributed by atoms with E-state index in [9.17, 15) is 0 Å². The quantitative estimate of drug-likeness (QED) is 0.688. The minimum atomic E-state index is 0.570. The van der Waals surface area contributed by atoms with Crippen LogP contribution in [-0.2, 0) is 0 Å². The zero-order valence-corrected chi connectivity index (χ0v) is 6.97. The molecule has 0 N–H and O–H groups in total. The van der Waals surface area contributed by atoms with Gasteiger partial charge in [0.05, 0.1) is 13.3 Å². The molecule has 2 aromatic heterocycles. The maximum absolute atomic E-state index is 4.92. The monoisotopic (exact) mass is 177 g/mol. The molecule has 0 aliphatic heterocycles. The summed E-state index contributed by atoms with van der Waals surface area (Å²) in [7, 11) is 1.57. The second kappa shape index (κ2) is 3.22. The molecule has 0 saturated carbocycles.